The Kier molecular flexibility index (Phi) is 5.07. The van der Waals surface area contributed by atoms with Gasteiger partial charge in [0.05, 0.1) is 5.56 Å². The molecule has 1 atom stereocenters. The number of aromatic nitrogens is 1. The summed E-state index contributed by atoms with van der Waals surface area (Å²) in [6, 6.07) is 15.4. The number of hydrogen-bond acceptors (Lipinski definition) is 3. The van der Waals surface area contributed by atoms with E-state index in [4.69, 9.17) is 10.8 Å². The van der Waals surface area contributed by atoms with Gasteiger partial charge in [0.25, 0.3) is 0 Å². The first kappa shape index (κ1) is 19.4. The van der Waals surface area contributed by atoms with E-state index in [0.717, 1.165) is 29.5 Å². The molecule has 1 unspecified atom stereocenters. The predicted molar refractivity (Wildman–Crippen MR) is 117 cm³/mol. The number of benzene rings is 2. The van der Waals surface area contributed by atoms with Gasteiger partial charge in [0.1, 0.15) is 11.3 Å². The Morgan fingerprint density at radius 3 is 2.70 bits per heavy atom. The van der Waals surface area contributed by atoms with Gasteiger partial charge >= 0.3 is 5.97 Å². The smallest absolute Gasteiger partial charge is 0.339 e. The molecular weight excluding hydrogens is 376 g/mol. The lowest BCUT2D eigenvalue weighted by molar-refractivity contribution is 0.0693. The average molecular weight is 398 g/mol. The molecule has 1 aromatic heterocycles. The molecule has 4 rings (SSSR count). The third-order valence-electron chi connectivity index (χ3n) is 5.62. The van der Waals surface area contributed by atoms with Crippen molar-refractivity contribution in [2.45, 2.75) is 25.7 Å². The highest BCUT2D eigenvalue weighted by molar-refractivity contribution is 5.91. The lowest BCUT2D eigenvalue weighted by Gasteiger charge is -2.24. The van der Waals surface area contributed by atoms with Gasteiger partial charge in [-0.3, -0.25) is 0 Å². The van der Waals surface area contributed by atoms with Crippen LogP contribution < -0.4 is 5.73 Å². The number of nitrogens with zero attached hydrogens (tertiary/aromatic N) is 1. The van der Waals surface area contributed by atoms with Crippen LogP contribution in [-0.4, -0.2) is 20.7 Å². The Hall–Kier alpha value is -3.91. The van der Waals surface area contributed by atoms with Gasteiger partial charge in [0.2, 0.25) is 0 Å². The van der Waals surface area contributed by atoms with Gasteiger partial charge in [-0.15, -0.1) is 0 Å². The van der Waals surface area contributed by atoms with Crippen molar-refractivity contribution in [2.75, 3.05) is 0 Å². The molecule has 150 valence electrons. The number of phenols is 1. The van der Waals surface area contributed by atoms with Gasteiger partial charge in [-0.1, -0.05) is 37.3 Å². The van der Waals surface area contributed by atoms with Crippen molar-refractivity contribution in [3.8, 4) is 23.4 Å². The van der Waals surface area contributed by atoms with Crippen molar-refractivity contribution < 1.29 is 15.0 Å². The fourth-order valence-electron chi connectivity index (χ4n) is 4.09. The zero-order valence-corrected chi connectivity index (χ0v) is 16.6. The number of fused-ring (bicyclic) bond motifs is 1. The lowest BCUT2D eigenvalue weighted by Crippen LogP contribution is -2.07. The molecule has 4 N–H and O–H groups in total. The molecule has 5 nitrogen and oxygen atoms in total. The van der Waals surface area contributed by atoms with E-state index >= 15 is 0 Å². The second-order valence-electron chi connectivity index (χ2n) is 7.31. The summed E-state index contributed by atoms with van der Waals surface area (Å²) in [6.45, 7) is 2.20. The minimum Gasteiger partial charge on any atom is -0.507 e. The third kappa shape index (κ3) is 3.33. The van der Waals surface area contributed by atoms with Crippen LogP contribution in [0.5, 0.6) is 5.75 Å². The molecule has 0 spiro atoms. The fraction of sp³-hybridized carbons (Fsp3) is 0.160. The molecular formula is C25H22N2O3. The molecule has 0 radical (unpaired) electrons. The van der Waals surface area contributed by atoms with E-state index in [0.29, 0.717) is 11.6 Å². The van der Waals surface area contributed by atoms with Crippen LogP contribution >= 0.6 is 0 Å². The topological polar surface area (TPSA) is 88.5 Å². The molecule has 5 heteroatoms. The SMILES string of the molecule is CCC1CC=C(c2cn(-c3ccc(C(=O)O)c(O)c3)cc2C#CN)c2ccccc21. The van der Waals surface area contributed by atoms with Crippen LogP contribution in [0.4, 0.5) is 0 Å². The lowest BCUT2D eigenvalue weighted by atomic mass is 9.79. The van der Waals surface area contributed by atoms with Crippen LogP contribution in [0.2, 0.25) is 0 Å². The van der Waals surface area contributed by atoms with Crippen LogP contribution in [0, 0.1) is 12.0 Å². The van der Waals surface area contributed by atoms with Gasteiger partial charge in [-0.2, -0.15) is 0 Å². The zero-order chi connectivity index (χ0) is 21.3. The largest absolute Gasteiger partial charge is 0.507 e. The van der Waals surface area contributed by atoms with E-state index in [-0.39, 0.29) is 11.3 Å². The summed E-state index contributed by atoms with van der Waals surface area (Å²) in [5.74, 6) is 2.02. The molecule has 0 aliphatic heterocycles. The summed E-state index contributed by atoms with van der Waals surface area (Å²) in [5, 5.41) is 19.2. The molecule has 30 heavy (non-hydrogen) atoms. The third-order valence-corrected chi connectivity index (χ3v) is 5.62. The first-order valence-corrected chi connectivity index (χ1v) is 9.83. The number of aromatic hydroxyl groups is 1. The van der Waals surface area contributed by atoms with Crippen LogP contribution in [0.3, 0.4) is 0 Å². The summed E-state index contributed by atoms with van der Waals surface area (Å²) in [4.78, 5) is 11.2. The quantitative estimate of drug-likeness (QED) is 0.447. The van der Waals surface area contributed by atoms with E-state index in [1.54, 1.807) is 6.07 Å². The number of hydrogen-bond donors (Lipinski definition) is 3. The van der Waals surface area contributed by atoms with E-state index in [2.05, 4.69) is 43.2 Å². The van der Waals surface area contributed by atoms with Crippen molar-refractivity contribution >= 4 is 11.5 Å². The van der Waals surface area contributed by atoms with Crippen molar-refractivity contribution in [1.82, 2.24) is 4.57 Å². The fourth-order valence-corrected chi connectivity index (χ4v) is 4.09. The Bertz CT molecular complexity index is 1220. The Labute approximate surface area is 175 Å². The maximum absolute atomic E-state index is 11.2. The highest BCUT2D eigenvalue weighted by atomic mass is 16.4. The van der Waals surface area contributed by atoms with Gasteiger partial charge in [-0.05, 0) is 53.5 Å². The number of aromatic carboxylic acids is 1. The molecule has 0 amide bonds. The van der Waals surface area contributed by atoms with Crippen molar-refractivity contribution in [3.63, 3.8) is 0 Å². The van der Waals surface area contributed by atoms with E-state index in [1.807, 2.05) is 23.0 Å². The van der Waals surface area contributed by atoms with Gasteiger partial charge < -0.3 is 20.5 Å². The standard InChI is InChI=1S/C25H22N2O3/c1-2-16-7-9-21(20-6-4-3-5-19(16)20)23-15-27(14-17(23)11-12-26)18-8-10-22(25(29)30)24(28)13-18/h3-6,8-10,13-16,28H,2,7,26H2,1H3,(H,29,30). The van der Waals surface area contributed by atoms with Gasteiger partial charge in [0.15, 0.2) is 0 Å². The van der Waals surface area contributed by atoms with Crippen LogP contribution in [0.1, 0.15) is 58.3 Å². The van der Waals surface area contributed by atoms with Gasteiger partial charge in [-0.25, -0.2) is 4.79 Å². The van der Waals surface area contributed by atoms with Crippen molar-refractivity contribution in [1.29, 1.82) is 0 Å². The summed E-state index contributed by atoms with van der Waals surface area (Å²) in [6.07, 6.45) is 8.08. The zero-order valence-electron chi connectivity index (χ0n) is 16.6. The number of carboxylic acids is 1. The van der Waals surface area contributed by atoms with Crippen LogP contribution in [0.15, 0.2) is 60.9 Å². The van der Waals surface area contributed by atoms with Gasteiger partial charge in [0, 0.05) is 35.8 Å². The molecule has 3 aromatic rings. The normalized spacial score (nSPS) is 15.0. The van der Waals surface area contributed by atoms with E-state index in [1.165, 1.54) is 23.3 Å². The Morgan fingerprint density at radius 1 is 1.20 bits per heavy atom. The highest BCUT2D eigenvalue weighted by Crippen LogP contribution is 2.40. The number of nitrogens with two attached hydrogens (primary N) is 1. The summed E-state index contributed by atoms with van der Waals surface area (Å²) in [5.41, 5.74) is 11.4. The minimum absolute atomic E-state index is 0.136. The Balaban J connectivity index is 1.83. The molecule has 0 fully saturated rings. The average Bonchev–Trinajstić information content (AvgIpc) is 3.16. The van der Waals surface area contributed by atoms with Crippen molar-refractivity contribution in [3.05, 3.63) is 88.8 Å². The Morgan fingerprint density at radius 2 is 2.00 bits per heavy atom. The molecule has 2 aromatic carbocycles. The first-order chi connectivity index (χ1) is 14.5. The summed E-state index contributed by atoms with van der Waals surface area (Å²) in [7, 11) is 0. The van der Waals surface area contributed by atoms with Crippen LogP contribution in [0.25, 0.3) is 11.3 Å². The molecule has 0 bridgehead atoms. The first-order valence-electron chi connectivity index (χ1n) is 9.83. The maximum atomic E-state index is 11.2. The maximum Gasteiger partial charge on any atom is 0.339 e. The number of allylic oxidation sites excluding steroid dienone is 1. The molecule has 0 saturated heterocycles. The summed E-state index contributed by atoms with van der Waals surface area (Å²) < 4.78 is 1.83. The number of rotatable bonds is 4. The molecule has 1 heterocycles. The summed E-state index contributed by atoms with van der Waals surface area (Å²) >= 11 is 0. The van der Waals surface area contributed by atoms with E-state index < -0.39 is 5.97 Å². The monoisotopic (exact) mass is 398 g/mol. The molecule has 1 aliphatic rings. The van der Waals surface area contributed by atoms with Crippen molar-refractivity contribution in [2.24, 2.45) is 5.73 Å². The second kappa shape index (κ2) is 7.84. The van der Waals surface area contributed by atoms with E-state index in [9.17, 15) is 9.90 Å². The number of carboxylic acid groups (broad SMARTS) is 1. The highest BCUT2D eigenvalue weighted by Gasteiger charge is 2.23. The molecule has 1 aliphatic carbocycles. The minimum atomic E-state index is -1.17. The predicted octanol–water partition coefficient (Wildman–Crippen LogP) is 4.48. The van der Waals surface area contributed by atoms with Crippen LogP contribution in [-0.2, 0) is 0 Å². The number of carbonyl (C=O) groups is 1. The molecule has 0 saturated carbocycles. The second-order valence-corrected chi connectivity index (χ2v) is 7.31.